The van der Waals surface area contributed by atoms with E-state index in [-0.39, 0.29) is 17.4 Å². The van der Waals surface area contributed by atoms with Crippen LogP contribution in [0, 0.1) is 5.92 Å². The van der Waals surface area contributed by atoms with Crippen molar-refractivity contribution in [3.63, 3.8) is 0 Å². The maximum atomic E-state index is 11.0. The molecule has 0 bridgehead atoms. The van der Waals surface area contributed by atoms with Crippen molar-refractivity contribution < 1.29 is 5.21 Å². The van der Waals surface area contributed by atoms with Gasteiger partial charge in [-0.1, -0.05) is 23.8 Å². The number of oxime groups is 1. The number of hydrogen-bond acceptors (Lipinski definition) is 5. The van der Waals surface area contributed by atoms with Crippen LogP contribution in [-0.2, 0) is 7.05 Å². The second-order valence-corrected chi connectivity index (χ2v) is 4.09. The Bertz CT molecular complexity index is 410. The van der Waals surface area contributed by atoms with Gasteiger partial charge in [-0.25, -0.2) is 9.89 Å². The van der Waals surface area contributed by atoms with E-state index in [1.807, 2.05) is 6.92 Å². The zero-order chi connectivity index (χ0) is 11.4. The Hall–Kier alpha value is -1.44. The number of rotatable bonds is 4. The lowest BCUT2D eigenvalue weighted by Gasteiger charge is -2.07. The van der Waals surface area contributed by atoms with Crippen LogP contribution < -0.4 is 11.4 Å². The van der Waals surface area contributed by atoms with Crippen LogP contribution in [0.3, 0.4) is 0 Å². The minimum absolute atomic E-state index is 0.0770. The molecule has 0 aliphatic rings. The zero-order valence-electron chi connectivity index (χ0n) is 8.47. The van der Waals surface area contributed by atoms with Crippen LogP contribution in [0.4, 0.5) is 0 Å². The number of nitrogens with two attached hydrogens (primary N) is 1. The summed E-state index contributed by atoms with van der Waals surface area (Å²) < 4.78 is 1.41. The third-order valence-electron chi connectivity index (χ3n) is 1.92. The molecule has 0 spiro atoms. The first kappa shape index (κ1) is 11.6. The molecular formula is C7H13N5O2S. The second-order valence-electron chi connectivity index (χ2n) is 3.11. The van der Waals surface area contributed by atoms with Gasteiger partial charge >= 0.3 is 5.69 Å². The highest BCUT2D eigenvalue weighted by atomic mass is 32.2. The van der Waals surface area contributed by atoms with Crippen LogP contribution in [-0.4, -0.2) is 31.6 Å². The molecule has 1 atom stereocenters. The number of hydrogen-bond donors (Lipinski definition) is 3. The van der Waals surface area contributed by atoms with Crippen molar-refractivity contribution in [3.05, 3.63) is 10.5 Å². The monoisotopic (exact) mass is 231 g/mol. The lowest BCUT2D eigenvalue weighted by atomic mass is 10.2. The summed E-state index contributed by atoms with van der Waals surface area (Å²) in [7, 11) is 1.63. The van der Waals surface area contributed by atoms with Crippen molar-refractivity contribution in [2.24, 2.45) is 23.9 Å². The molecule has 4 N–H and O–H groups in total. The number of aromatic nitrogens is 3. The highest BCUT2D eigenvalue weighted by Gasteiger charge is 2.11. The van der Waals surface area contributed by atoms with E-state index < -0.39 is 0 Å². The molecule has 1 aromatic rings. The fourth-order valence-corrected chi connectivity index (χ4v) is 1.80. The predicted molar refractivity (Wildman–Crippen MR) is 57.1 cm³/mol. The van der Waals surface area contributed by atoms with E-state index >= 15 is 0 Å². The first-order valence-corrected chi connectivity index (χ1v) is 5.26. The number of nitrogens with one attached hydrogen (secondary N) is 1. The molecule has 0 radical (unpaired) electrons. The van der Waals surface area contributed by atoms with Crippen molar-refractivity contribution >= 4 is 17.6 Å². The maximum absolute atomic E-state index is 11.0. The Morgan fingerprint density at radius 3 is 3.00 bits per heavy atom. The second kappa shape index (κ2) is 4.87. The molecule has 0 aliphatic carbocycles. The molecule has 7 nitrogen and oxygen atoms in total. The molecule has 1 rings (SSSR count). The first-order valence-electron chi connectivity index (χ1n) is 4.28. The van der Waals surface area contributed by atoms with E-state index in [1.165, 1.54) is 16.3 Å². The van der Waals surface area contributed by atoms with Crippen LogP contribution in [0.2, 0.25) is 0 Å². The summed E-state index contributed by atoms with van der Waals surface area (Å²) in [5.41, 5.74) is 5.16. The van der Waals surface area contributed by atoms with Gasteiger partial charge in [0.1, 0.15) is 5.84 Å². The summed E-state index contributed by atoms with van der Waals surface area (Å²) in [6.45, 7) is 1.83. The Balaban J connectivity index is 2.58. The molecule has 0 aliphatic heterocycles. The molecule has 0 aromatic carbocycles. The quantitative estimate of drug-likeness (QED) is 0.214. The van der Waals surface area contributed by atoms with Gasteiger partial charge in [-0.05, 0) is 0 Å². The first-order chi connectivity index (χ1) is 7.06. The largest absolute Gasteiger partial charge is 0.409 e. The van der Waals surface area contributed by atoms with Crippen LogP contribution in [0.15, 0.2) is 15.1 Å². The maximum Gasteiger partial charge on any atom is 0.343 e. The predicted octanol–water partition coefficient (Wildman–Crippen LogP) is -0.417. The topological polar surface area (TPSA) is 109 Å². The Morgan fingerprint density at radius 1 is 1.87 bits per heavy atom. The van der Waals surface area contributed by atoms with E-state index in [4.69, 9.17) is 10.9 Å². The fraction of sp³-hybridized carbons (Fsp3) is 0.571. The SMILES string of the molecule is CC(CSc1n[nH]c(=O)n1C)C(N)=NO. The summed E-state index contributed by atoms with van der Waals surface area (Å²) >= 11 is 1.37. The van der Waals surface area contributed by atoms with E-state index in [0.717, 1.165) is 0 Å². The smallest absolute Gasteiger partial charge is 0.343 e. The summed E-state index contributed by atoms with van der Waals surface area (Å²) in [6.07, 6.45) is 0. The van der Waals surface area contributed by atoms with Crippen LogP contribution in [0.1, 0.15) is 6.92 Å². The van der Waals surface area contributed by atoms with Crippen LogP contribution in [0.5, 0.6) is 0 Å². The summed E-state index contributed by atoms with van der Waals surface area (Å²) in [4.78, 5) is 11.0. The zero-order valence-corrected chi connectivity index (χ0v) is 9.28. The van der Waals surface area contributed by atoms with Crippen molar-refractivity contribution in [2.75, 3.05) is 5.75 Å². The highest BCUT2D eigenvalue weighted by Crippen LogP contribution is 2.16. The molecule has 1 unspecified atom stereocenters. The van der Waals surface area contributed by atoms with Crippen molar-refractivity contribution in [1.82, 2.24) is 14.8 Å². The minimum atomic E-state index is -0.256. The fourth-order valence-electron chi connectivity index (χ4n) is 0.845. The number of amidine groups is 1. The molecule has 0 saturated carbocycles. The van der Waals surface area contributed by atoms with Crippen LogP contribution >= 0.6 is 11.8 Å². The lowest BCUT2D eigenvalue weighted by Crippen LogP contribution is -2.23. The lowest BCUT2D eigenvalue weighted by molar-refractivity contribution is 0.315. The van der Waals surface area contributed by atoms with E-state index in [1.54, 1.807) is 7.05 Å². The molecule has 15 heavy (non-hydrogen) atoms. The van der Waals surface area contributed by atoms with Gasteiger partial charge < -0.3 is 10.9 Å². The number of H-pyrrole nitrogens is 1. The average Bonchev–Trinajstić information content (AvgIpc) is 2.55. The van der Waals surface area contributed by atoms with E-state index in [2.05, 4.69) is 15.4 Å². The van der Waals surface area contributed by atoms with Crippen molar-refractivity contribution in [2.45, 2.75) is 12.1 Å². The number of aromatic amines is 1. The third kappa shape index (κ3) is 2.75. The molecule has 1 aromatic heterocycles. The minimum Gasteiger partial charge on any atom is -0.409 e. The number of nitrogens with zero attached hydrogens (tertiary/aromatic N) is 3. The van der Waals surface area contributed by atoms with E-state index in [0.29, 0.717) is 10.9 Å². The normalized spacial score (nSPS) is 14.1. The van der Waals surface area contributed by atoms with Gasteiger partial charge in [0.25, 0.3) is 0 Å². The van der Waals surface area contributed by atoms with Gasteiger partial charge in [0.2, 0.25) is 0 Å². The average molecular weight is 231 g/mol. The van der Waals surface area contributed by atoms with Gasteiger partial charge in [0, 0.05) is 18.7 Å². The number of thioether (sulfide) groups is 1. The Morgan fingerprint density at radius 2 is 2.53 bits per heavy atom. The van der Waals surface area contributed by atoms with Crippen LogP contribution in [0.25, 0.3) is 0 Å². The van der Waals surface area contributed by atoms with Gasteiger partial charge in [0.05, 0.1) is 0 Å². The highest BCUT2D eigenvalue weighted by molar-refractivity contribution is 7.99. The Labute approximate surface area is 90.4 Å². The molecule has 0 fully saturated rings. The van der Waals surface area contributed by atoms with Crippen molar-refractivity contribution in [1.29, 1.82) is 0 Å². The summed E-state index contributed by atoms with van der Waals surface area (Å²) in [6, 6.07) is 0. The molecule has 0 amide bonds. The Kier molecular flexibility index (Phi) is 3.78. The van der Waals surface area contributed by atoms with Gasteiger partial charge in [-0.15, -0.1) is 5.10 Å². The summed E-state index contributed by atoms with van der Waals surface area (Å²) in [5, 5.41) is 18.1. The van der Waals surface area contributed by atoms with Gasteiger partial charge in [-0.3, -0.25) is 4.57 Å². The molecule has 8 heteroatoms. The standard InChI is InChI=1S/C7H13N5O2S/c1-4(5(8)11-14)3-15-7-10-9-6(13)12(7)2/h4,14H,3H2,1-2H3,(H2,8,11)(H,9,13). The molecule has 84 valence electrons. The van der Waals surface area contributed by atoms with Gasteiger partial charge in [0.15, 0.2) is 5.16 Å². The third-order valence-corrected chi connectivity index (χ3v) is 3.21. The molecular weight excluding hydrogens is 218 g/mol. The van der Waals surface area contributed by atoms with Gasteiger partial charge in [-0.2, -0.15) is 0 Å². The molecule has 0 saturated heterocycles. The van der Waals surface area contributed by atoms with E-state index in [9.17, 15) is 4.79 Å². The molecule has 1 heterocycles. The summed E-state index contributed by atoms with van der Waals surface area (Å²) in [5.74, 6) is 0.684. The van der Waals surface area contributed by atoms with Crippen molar-refractivity contribution in [3.8, 4) is 0 Å².